The normalized spacial score (nSPS) is 15.5. The van der Waals surface area contributed by atoms with Gasteiger partial charge in [-0.15, -0.1) is 11.3 Å². The molecule has 166 valence electrons. The minimum absolute atomic E-state index is 0.398. The molecule has 0 radical (unpaired) electrons. The lowest BCUT2D eigenvalue weighted by Gasteiger charge is -2.25. The van der Waals surface area contributed by atoms with E-state index in [4.69, 9.17) is 9.72 Å². The monoisotopic (exact) mass is 446 g/mol. The van der Waals surface area contributed by atoms with Gasteiger partial charge in [-0.2, -0.15) is 0 Å². The summed E-state index contributed by atoms with van der Waals surface area (Å²) in [7, 11) is 0. The Bertz CT molecular complexity index is 1200. The Balaban J connectivity index is 1.42. The van der Waals surface area contributed by atoms with Crippen molar-refractivity contribution in [2.45, 2.75) is 52.5 Å². The van der Waals surface area contributed by atoms with Crippen LogP contribution in [-0.4, -0.2) is 21.0 Å². The molecule has 4 aromatic rings. The molecule has 0 fully saturated rings. The molecule has 2 heterocycles. The summed E-state index contributed by atoms with van der Waals surface area (Å²) in [5, 5.41) is 4.51. The van der Waals surface area contributed by atoms with Gasteiger partial charge in [0.25, 0.3) is 0 Å². The molecule has 0 amide bonds. The molecule has 0 aliphatic heterocycles. The molecule has 2 aromatic heterocycles. The molecule has 1 atom stereocenters. The first-order chi connectivity index (χ1) is 15.7. The maximum Gasteiger partial charge on any atom is 0.187 e. The lowest BCUT2D eigenvalue weighted by molar-refractivity contribution is 0.335. The van der Waals surface area contributed by atoms with Crippen molar-refractivity contribution in [3.8, 4) is 11.4 Å². The Morgan fingerprint density at radius 1 is 1.16 bits per heavy atom. The molecule has 2 aromatic carbocycles. The Morgan fingerprint density at radius 2 is 2.00 bits per heavy atom. The molecule has 5 nitrogen and oxygen atoms in total. The number of nitrogens with one attached hydrogen (secondary N) is 1. The van der Waals surface area contributed by atoms with E-state index < -0.39 is 0 Å². The molecule has 1 unspecified atom stereocenters. The highest BCUT2D eigenvalue weighted by Gasteiger charge is 2.26. The van der Waals surface area contributed by atoms with Crippen LogP contribution < -0.4 is 10.1 Å². The van der Waals surface area contributed by atoms with Crippen molar-refractivity contribution in [2.75, 3.05) is 11.9 Å². The van der Waals surface area contributed by atoms with Gasteiger partial charge in [-0.05, 0) is 57.7 Å². The van der Waals surface area contributed by atoms with Crippen LogP contribution in [0.4, 0.5) is 10.8 Å². The Hall–Kier alpha value is -2.99. The van der Waals surface area contributed by atoms with Crippen LogP contribution in [0.15, 0.2) is 54.7 Å². The van der Waals surface area contributed by atoms with Gasteiger partial charge in [0.15, 0.2) is 5.13 Å². The number of hydrogen-bond acceptors (Lipinski definition) is 4. The van der Waals surface area contributed by atoms with Gasteiger partial charge in [0.05, 0.1) is 18.0 Å². The summed E-state index contributed by atoms with van der Waals surface area (Å²) in [6.45, 7) is 7.87. The van der Waals surface area contributed by atoms with Crippen molar-refractivity contribution in [3.63, 3.8) is 0 Å². The molecule has 0 spiro atoms. The summed E-state index contributed by atoms with van der Waals surface area (Å²) in [4.78, 5) is 6.45. The lowest BCUT2D eigenvalue weighted by Crippen LogP contribution is -2.22. The smallest absolute Gasteiger partial charge is 0.187 e. The van der Waals surface area contributed by atoms with Gasteiger partial charge in [0, 0.05) is 35.3 Å². The second-order valence-corrected chi connectivity index (χ2v) is 9.34. The Morgan fingerprint density at radius 3 is 2.75 bits per heavy atom. The van der Waals surface area contributed by atoms with Crippen LogP contribution in [0.3, 0.4) is 0 Å². The highest BCUT2D eigenvalue weighted by atomic mass is 32.1. The molecule has 1 aliphatic rings. The van der Waals surface area contributed by atoms with E-state index in [9.17, 15) is 0 Å². The average Bonchev–Trinajstić information content (AvgIpc) is 3.21. The third-order valence-corrected chi connectivity index (χ3v) is 7.24. The number of ether oxygens (including phenoxy) is 1. The van der Waals surface area contributed by atoms with Crippen LogP contribution in [0.1, 0.15) is 54.4 Å². The number of fused-ring (bicyclic) bond motifs is 1. The topological polar surface area (TPSA) is 44.0 Å². The van der Waals surface area contributed by atoms with Crippen LogP contribution >= 0.6 is 11.3 Å². The van der Waals surface area contributed by atoms with Gasteiger partial charge >= 0.3 is 0 Å². The minimum atomic E-state index is 0.398. The number of hydrogen-bond donors (Lipinski definition) is 1. The van der Waals surface area contributed by atoms with E-state index in [2.05, 4.69) is 83.3 Å². The van der Waals surface area contributed by atoms with E-state index >= 15 is 0 Å². The minimum Gasteiger partial charge on any atom is -0.492 e. The van der Waals surface area contributed by atoms with Crippen LogP contribution in [0.5, 0.6) is 5.75 Å². The van der Waals surface area contributed by atoms with Crippen molar-refractivity contribution in [1.29, 1.82) is 0 Å². The molecule has 6 heteroatoms. The van der Waals surface area contributed by atoms with E-state index in [0.29, 0.717) is 12.5 Å². The molecular weight excluding hydrogens is 416 g/mol. The summed E-state index contributed by atoms with van der Waals surface area (Å²) in [6.07, 6.45) is 5.65. The maximum atomic E-state index is 6.00. The fourth-order valence-electron chi connectivity index (χ4n) is 4.69. The second kappa shape index (κ2) is 8.87. The molecular formula is C26H30N4OS. The van der Waals surface area contributed by atoms with E-state index in [1.54, 1.807) is 11.3 Å². The fourth-order valence-corrected chi connectivity index (χ4v) is 5.77. The number of nitrogens with zero attached hydrogens (tertiary/aromatic N) is 3. The van der Waals surface area contributed by atoms with Crippen LogP contribution in [-0.2, 0) is 13.0 Å². The predicted octanol–water partition coefficient (Wildman–Crippen LogP) is 6.67. The first-order valence-electron chi connectivity index (χ1n) is 11.5. The zero-order valence-electron chi connectivity index (χ0n) is 19.0. The fraction of sp³-hybridized carbons (Fsp3) is 0.346. The van der Waals surface area contributed by atoms with Crippen molar-refractivity contribution in [3.05, 3.63) is 76.6 Å². The van der Waals surface area contributed by atoms with Gasteiger partial charge in [0.2, 0.25) is 0 Å². The third kappa shape index (κ3) is 3.84. The van der Waals surface area contributed by atoms with Gasteiger partial charge < -0.3 is 10.1 Å². The number of aryl methyl sites for hydroxylation is 2. The quantitative estimate of drug-likeness (QED) is 0.345. The zero-order chi connectivity index (χ0) is 22.1. The molecule has 5 rings (SSSR count). The van der Waals surface area contributed by atoms with E-state index in [1.807, 2.05) is 6.92 Å². The number of thiazole rings is 1. The first kappa shape index (κ1) is 20.9. The number of anilines is 2. The van der Waals surface area contributed by atoms with E-state index in [-0.39, 0.29) is 0 Å². The Labute approximate surface area is 193 Å². The second-order valence-electron chi connectivity index (χ2n) is 8.25. The summed E-state index contributed by atoms with van der Waals surface area (Å²) in [6, 6.07) is 17.1. The van der Waals surface area contributed by atoms with Gasteiger partial charge in [-0.25, -0.2) is 4.98 Å². The first-order valence-corrected chi connectivity index (χ1v) is 12.3. The summed E-state index contributed by atoms with van der Waals surface area (Å²) in [5.74, 6) is 1.28. The highest BCUT2D eigenvalue weighted by Crippen LogP contribution is 2.41. The predicted molar refractivity (Wildman–Crippen MR) is 132 cm³/mol. The zero-order valence-corrected chi connectivity index (χ0v) is 19.8. The number of benzene rings is 2. The largest absolute Gasteiger partial charge is 0.492 e. The van der Waals surface area contributed by atoms with E-state index in [1.165, 1.54) is 34.7 Å². The summed E-state index contributed by atoms with van der Waals surface area (Å²) < 4.78 is 10.4. The van der Waals surface area contributed by atoms with Crippen molar-refractivity contribution in [1.82, 2.24) is 14.3 Å². The highest BCUT2D eigenvalue weighted by molar-refractivity contribution is 7.15. The summed E-state index contributed by atoms with van der Waals surface area (Å²) >= 11 is 1.79. The van der Waals surface area contributed by atoms with Gasteiger partial charge in [-0.1, -0.05) is 30.3 Å². The van der Waals surface area contributed by atoms with E-state index in [0.717, 1.165) is 35.2 Å². The lowest BCUT2D eigenvalue weighted by atomic mass is 9.85. The Kier molecular flexibility index (Phi) is 5.79. The third-order valence-electron chi connectivity index (χ3n) is 6.19. The summed E-state index contributed by atoms with van der Waals surface area (Å²) in [5.41, 5.74) is 5.94. The standard InChI is InChI=1S/C26H30N4OS/c1-4-29-18(3)17-30(29)22-15-14-20(16-23(22)31-5-2)27-26-28-25-21(12-9-13-24(25)32-26)19-10-7-6-8-11-19/h6-8,10-11,14-17,21H,4-5,9,12-13H2,1-3H3,(H,27,28). The van der Waals surface area contributed by atoms with Crippen LogP contribution in [0.25, 0.3) is 5.69 Å². The van der Waals surface area contributed by atoms with Crippen LogP contribution in [0.2, 0.25) is 0 Å². The van der Waals surface area contributed by atoms with Crippen molar-refractivity contribution < 1.29 is 4.74 Å². The van der Waals surface area contributed by atoms with Crippen molar-refractivity contribution in [2.24, 2.45) is 0 Å². The maximum absolute atomic E-state index is 6.00. The van der Waals surface area contributed by atoms with Crippen molar-refractivity contribution >= 4 is 22.2 Å². The van der Waals surface area contributed by atoms with Gasteiger partial charge in [0.1, 0.15) is 11.4 Å². The molecule has 0 bridgehead atoms. The number of aromatic nitrogens is 3. The molecule has 1 aliphatic carbocycles. The molecule has 0 saturated carbocycles. The van der Waals surface area contributed by atoms with Gasteiger partial charge in [-0.3, -0.25) is 9.36 Å². The SMILES string of the molecule is CCOc1cc(Nc2nc3c(s2)CCCC3c2ccccc2)ccc1-n1cc(C)n1CC. The molecule has 32 heavy (non-hydrogen) atoms. The molecule has 0 saturated heterocycles. The number of rotatable bonds is 7. The average molecular weight is 447 g/mol. The van der Waals surface area contributed by atoms with Crippen LogP contribution in [0, 0.1) is 6.92 Å². The molecule has 1 N–H and O–H groups in total.